The molecule has 2 amide bonds. The van der Waals surface area contributed by atoms with Gasteiger partial charge in [-0.1, -0.05) is 17.7 Å². The number of urea groups is 1. The molecule has 1 heterocycles. The second kappa shape index (κ2) is 9.42. The molecule has 1 aromatic heterocycles. The third kappa shape index (κ3) is 5.36. The molecule has 0 aliphatic heterocycles. The molecular formula is C22H24N5O2+. The Morgan fingerprint density at radius 3 is 2.66 bits per heavy atom. The Morgan fingerprint density at radius 1 is 1.14 bits per heavy atom. The topological polar surface area (TPSA) is 100 Å². The molecule has 0 saturated heterocycles. The van der Waals surface area contributed by atoms with Gasteiger partial charge in [-0.3, -0.25) is 5.32 Å². The number of amides is 2. The first-order chi connectivity index (χ1) is 14.1. The molecule has 0 radical (unpaired) electrons. The van der Waals surface area contributed by atoms with Crippen molar-refractivity contribution < 1.29 is 14.5 Å². The van der Waals surface area contributed by atoms with E-state index in [2.05, 4.69) is 27.0 Å². The highest BCUT2D eigenvalue weighted by atomic mass is 16.5. The molecule has 0 unspecified atom stereocenters. The quantitative estimate of drug-likeness (QED) is 0.538. The number of anilines is 2. The minimum atomic E-state index is -0.276. The van der Waals surface area contributed by atoms with E-state index in [1.165, 1.54) is 0 Å². The fourth-order valence-electron chi connectivity index (χ4n) is 2.86. The molecule has 148 valence electrons. The monoisotopic (exact) mass is 390 g/mol. The molecule has 0 fully saturated rings. The van der Waals surface area contributed by atoms with Crippen LogP contribution in [0.2, 0.25) is 0 Å². The van der Waals surface area contributed by atoms with Crippen LogP contribution in [0.3, 0.4) is 0 Å². The molecule has 7 nitrogen and oxygen atoms in total. The highest BCUT2D eigenvalue weighted by Gasteiger charge is 2.13. The fraction of sp³-hybridized carbons (Fsp3) is 0.227. The highest BCUT2D eigenvalue weighted by Crippen LogP contribution is 2.21. The molecule has 0 aliphatic rings. The molecule has 0 bridgehead atoms. The Labute approximate surface area is 169 Å². The lowest BCUT2D eigenvalue weighted by Crippen LogP contribution is -2.33. The number of fused-ring (bicyclic) bond motifs is 1. The van der Waals surface area contributed by atoms with Crippen LogP contribution < -0.4 is 25.7 Å². The van der Waals surface area contributed by atoms with Gasteiger partial charge in [-0.05, 0) is 50.2 Å². The minimum Gasteiger partial charge on any atom is -0.494 e. The minimum absolute atomic E-state index is 0.276. The summed E-state index contributed by atoms with van der Waals surface area (Å²) in [5.41, 5.74) is 3.26. The Hall–Kier alpha value is -3.79. The Bertz CT molecular complexity index is 1040. The van der Waals surface area contributed by atoms with Crippen molar-refractivity contribution in [1.29, 1.82) is 5.26 Å². The summed E-state index contributed by atoms with van der Waals surface area (Å²) in [6.45, 7) is 5.38. The maximum atomic E-state index is 12.0. The predicted molar refractivity (Wildman–Crippen MR) is 113 cm³/mol. The molecule has 3 aromatic rings. The zero-order valence-corrected chi connectivity index (χ0v) is 16.5. The first kappa shape index (κ1) is 20.0. The number of rotatable bonds is 7. The van der Waals surface area contributed by atoms with Crippen molar-refractivity contribution >= 4 is 28.4 Å². The van der Waals surface area contributed by atoms with E-state index in [0.29, 0.717) is 31.1 Å². The smallest absolute Gasteiger partial charge is 0.319 e. The average molecular weight is 390 g/mol. The van der Waals surface area contributed by atoms with Crippen LogP contribution in [-0.4, -0.2) is 25.7 Å². The van der Waals surface area contributed by atoms with Gasteiger partial charge in [0, 0.05) is 11.1 Å². The normalized spacial score (nSPS) is 10.2. The van der Waals surface area contributed by atoms with Crippen LogP contribution in [0.4, 0.5) is 16.3 Å². The van der Waals surface area contributed by atoms with E-state index in [9.17, 15) is 10.1 Å². The van der Waals surface area contributed by atoms with E-state index in [-0.39, 0.29) is 6.03 Å². The second-order valence-corrected chi connectivity index (χ2v) is 6.53. The second-order valence-electron chi connectivity index (χ2n) is 6.53. The van der Waals surface area contributed by atoms with Crippen LogP contribution in [0.15, 0.2) is 48.5 Å². The first-order valence-corrected chi connectivity index (χ1v) is 9.47. The van der Waals surface area contributed by atoms with E-state index < -0.39 is 0 Å². The van der Waals surface area contributed by atoms with Crippen molar-refractivity contribution in [1.82, 2.24) is 5.32 Å². The van der Waals surface area contributed by atoms with Crippen LogP contribution in [-0.2, 0) is 0 Å². The lowest BCUT2D eigenvalue weighted by atomic mass is 10.1. The Balaban J connectivity index is 1.57. The number of carbonyl (C=O) groups excluding carboxylic acids is 1. The third-order valence-electron chi connectivity index (χ3n) is 4.31. The van der Waals surface area contributed by atoms with Gasteiger partial charge in [0.1, 0.15) is 29.4 Å². The number of aryl methyl sites for hydroxylation is 1. The number of hydrogen-bond donors (Lipinski definition) is 3. The number of nitriles is 1. The van der Waals surface area contributed by atoms with Gasteiger partial charge in [-0.25, -0.2) is 9.78 Å². The fourth-order valence-corrected chi connectivity index (χ4v) is 2.86. The van der Waals surface area contributed by atoms with Crippen LogP contribution in [0.1, 0.15) is 18.1 Å². The van der Waals surface area contributed by atoms with E-state index in [0.717, 1.165) is 27.9 Å². The van der Waals surface area contributed by atoms with Crippen LogP contribution >= 0.6 is 0 Å². The van der Waals surface area contributed by atoms with Crippen LogP contribution in [0.5, 0.6) is 5.75 Å². The number of aromatic nitrogens is 1. The van der Waals surface area contributed by atoms with E-state index in [4.69, 9.17) is 4.74 Å². The lowest BCUT2D eigenvalue weighted by molar-refractivity contribution is -0.327. The first-order valence-electron chi connectivity index (χ1n) is 9.47. The number of ether oxygens (including phenoxy) is 1. The molecule has 0 saturated carbocycles. The summed E-state index contributed by atoms with van der Waals surface area (Å²) >= 11 is 0. The molecule has 0 atom stereocenters. The maximum Gasteiger partial charge on any atom is 0.319 e. The maximum absolute atomic E-state index is 12.0. The number of nitrogens with one attached hydrogen (secondary N) is 4. The average Bonchev–Trinajstić information content (AvgIpc) is 2.72. The highest BCUT2D eigenvalue weighted by molar-refractivity contribution is 5.89. The van der Waals surface area contributed by atoms with E-state index in [1.807, 2.05) is 62.4 Å². The van der Waals surface area contributed by atoms with Crippen LogP contribution in [0, 0.1) is 18.3 Å². The molecule has 7 heteroatoms. The molecule has 29 heavy (non-hydrogen) atoms. The zero-order valence-electron chi connectivity index (χ0n) is 16.5. The third-order valence-corrected chi connectivity index (χ3v) is 4.31. The van der Waals surface area contributed by atoms with Gasteiger partial charge in [0.15, 0.2) is 0 Å². The van der Waals surface area contributed by atoms with Crippen molar-refractivity contribution in [2.75, 3.05) is 30.3 Å². The number of pyridine rings is 1. The number of benzene rings is 2. The summed E-state index contributed by atoms with van der Waals surface area (Å²) in [6, 6.07) is 17.0. The molecule has 0 aliphatic carbocycles. The molecule has 3 rings (SSSR count). The Morgan fingerprint density at radius 2 is 1.93 bits per heavy atom. The van der Waals surface area contributed by atoms with Crippen molar-refractivity contribution in [2.24, 2.45) is 0 Å². The van der Waals surface area contributed by atoms with Crippen LogP contribution in [0.25, 0.3) is 10.9 Å². The van der Waals surface area contributed by atoms with E-state index in [1.54, 1.807) is 0 Å². The lowest BCUT2D eigenvalue weighted by Gasteiger charge is -2.08. The summed E-state index contributed by atoms with van der Waals surface area (Å²) in [6.07, 6.45) is 0. The number of H-pyrrole nitrogens is 1. The van der Waals surface area contributed by atoms with Gasteiger partial charge in [0.2, 0.25) is 0 Å². The standard InChI is InChI=1S/C22H23N5O2/c1-3-29-19-8-9-20-16(13-19)12-17(14-23)21(27-20)24-10-11-25-22(28)26-18-6-4-15(2)5-7-18/h4-9,12-13H,3,10-11H2,1-2H3,(H,24,27)(H2,25,26,28)/p+1. The zero-order chi connectivity index (χ0) is 20.6. The van der Waals surface area contributed by atoms with Crippen molar-refractivity contribution in [2.45, 2.75) is 13.8 Å². The number of hydrogen-bond acceptors (Lipinski definition) is 4. The van der Waals surface area contributed by atoms with Gasteiger partial charge in [-0.15, -0.1) is 0 Å². The summed E-state index contributed by atoms with van der Waals surface area (Å²) in [5.74, 6) is 1.38. The van der Waals surface area contributed by atoms with Gasteiger partial charge < -0.3 is 15.4 Å². The molecular weight excluding hydrogens is 366 g/mol. The SMILES string of the molecule is CCOc1ccc2[nH+]c(NCCNC(=O)Nc3ccc(C)cc3)c(C#N)cc2c1. The van der Waals surface area contributed by atoms with Crippen molar-refractivity contribution in [3.05, 3.63) is 59.7 Å². The number of carbonyl (C=O) groups is 1. The summed E-state index contributed by atoms with van der Waals surface area (Å²) in [4.78, 5) is 15.2. The van der Waals surface area contributed by atoms with Gasteiger partial charge >= 0.3 is 6.03 Å². The number of aromatic amines is 1. The largest absolute Gasteiger partial charge is 0.494 e. The van der Waals surface area contributed by atoms with Crippen molar-refractivity contribution in [3.63, 3.8) is 0 Å². The van der Waals surface area contributed by atoms with E-state index >= 15 is 0 Å². The van der Waals surface area contributed by atoms with Crippen molar-refractivity contribution in [3.8, 4) is 11.8 Å². The van der Waals surface area contributed by atoms with Gasteiger partial charge in [0.25, 0.3) is 5.82 Å². The summed E-state index contributed by atoms with van der Waals surface area (Å²) in [7, 11) is 0. The van der Waals surface area contributed by atoms with Gasteiger partial charge in [0.05, 0.1) is 13.2 Å². The summed E-state index contributed by atoms with van der Waals surface area (Å²) in [5, 5.41) is 19.1. The molecule has 2 aromatic carbocycles. The number of nitrogens with zero attached hydrogens (tertiary/aromatic N) is 1. The molecule has 0 spiro atoms. The molecule has 4 N–H and O–H groups in total. The predicted octanol–water partition coefficient (Wildman–Crippen LogP) is 3.47. The summed E-state index contributed by atoms with van der Waals surface area (Å²) < 4.78 is 5.51. The van der Waals surface area contributed by atoms with Gasteiger partial charge in [-0.2, -0.15) is 5.26 Å². The Kier molecular flexibility index (Phi) is 6.48.